The number of piperazine rings is 1. The Balaban J connectivity index is 0.00000169. The van der Waals surface area contributed by atoms with E-state index in [2.05, 4.69) is 15.4 Å². The molecule has 1 aliphatic heterocycles. The molecule has 0 aromatic carbocycles. The van der Waals surface area contributed by atoms with Crippen LogP contribution in [0.4, 0.5) is 0 Å². The fraction of sp³-hybridized carbons (Fsp3) is 0.471. The Morgan fingerprint density at radius 1 is 1.38 bits per heavy atom. The molecule has 2 aromatic heterocycles. The number of aryl methyl sites for hydroxylation is 1. The van der Waals surface area contributed by atoms with E-state index in [1.54, 1.807) is 6.20 Å². The van der Waals surface area contributed by atoms with E-state index >= 15 is 0 Å². The highest BCUT2D eigenvalue weighted by atomic mass is 35.5. The van der Waals surface area contributed by atoms with Crippen LogP contribution in [0.3, 0.4) is 0 Å². The quantitative estimate of drug-likeness (QED) is 0.921. The van der Waals surface area contributed by atoms with E-state index in [1.165, 1.54) is 18.5 Å². The second-order valence-corrected chi connectivity index (χ2v) is 6.36. The number of carbonyl (C=O) groups excluding carboxylic acids is 1. The van der Waals surface area contributed by atoms with Crippen LogP contribution in [0.2, 0.25) is 0 Å². The number of nitrogens with one attached hydrogen (secondary N) is 1. The second kappa shape index (κ2) is 6.91. The van der Waals surface area contributed by atoms with E-state index < -0.39 is 0 Å². The first-order valence-corrected chi connectivity index (χ1v) is 8.19. The molecule has 3 heterocycles. The maximum Gasteiger partial charge on any atom is 0.274 e. The number of hydrogen-bond donors (Lipinski definition) is 1. The summed E-state index contributed by atoms with van der Waals surface area (Å²) in [5.74, 6) is 0.606. The highest BCUT2D eigenvalue weighted by Gasteiger charge is 2.32. The molecule has 6 nitrogen and oxygen atoms in total. The smallest absolute Gasteiger partial charge is 0.274 e. The fourth-order valence-corrected chi connectivity index (χ4v) is 3.31. The number of nitrogens with zero attached hydrogens (tertiary/aromatic N) is 4. The van der Waals surface area contributed by atoms with Gasteiger partial charge in [0, 0.05) is 50.7 Å². The van der Waals surface area contributed by atoms with Gasteiger partial charge in [-0.25, -0.2) is 0 Å². The van der Waals surface area contributed by atoms with E-state index in [9.17, 15) is 4.79 Å². The molecule has 24 heavy (non-hydrogen) atoms. The van der Waals surface area contributed by atoms with Crippen LogP contribution in [0.15, 0.2) is 30.6 Å². The minimum absolute atomic E-state index is 0. The van der Waals surface area contributed by atoms with Crippen molar-refractivity contribution < 1.29 is 4.79 Å². The minimum atomic E-state index is 0. The molecule has 2 fully saturated rings. The molecule has 1 unspecified atom stereocenters. The van der Waals surface area contributed by atoms with Crippen molar-refractivity contribution in [2.24, 2.45) is 7.05 Å². The summed E-state index contributed by atoms with van der Waals surface area (Å²) in [7, 11) is 1.93. The predicted molar refractivity (Wildman–Crippen MR) is 93.3 cm³/mol. The molecule has 2 aromatic rings. The van der Waals surface area contributed by atoms with Gasteiger partial charge in [-0.3, -0.25) is 14.5 Å². The Hall–Kier alpha value is -1.92. The molecule has 1 amide bonds. The summed E-state index contributed by atoms with van der Waals surface area (Å²) in [4.78, 5) is 19.1. The van der Waals surface area contributed by atoms with Crippen LogP contribution < -0.4 is 5.32 Å². The molecule has 128 valence electrons. The zero-order valence-corrected chi connectivity index (χ0v) is 14.5. The zero-order valence-electron chi connectivity index (χ0n) is 13.7. The Labute approximate surface area is 147 Å². The first kappa shape index (κ1) is 16.9. The summed E-state index contributed by atoms with van der Waals surface area (Å²) in [6.45, 7) is 2.25. The summed E-state index contributed by atoms with van der Waals surface area (Å²) in [6.07, 6.45) is 6.01. The highest BCUT2D eigenvalue weighted by Crippen LogP contribution is 2.40. The van der Waals surface area contributed by atoms with Crippen molar-refractivity contribution in [3.05, 3.63) is 47.5 Å². The number of aromatic nitrogens is 3. The SMILES string of the molecule is Cl.Cn1nc(C(=O)N2CCNCC2c2cccnc2)cc1C1CC1. The third-order valence-electron chi connectivity index (χ3n) is 4.70. The van der Waals surface area contributed by atoms with Crippen LogP contribution in [0, 0.1) is 0 Å². The largest absolute Gasteiger partial charge is 0.328 e. The monoisotopic (exact) mass is 347 g/mol. The molecule has 2 aliphatic rings. The maximum atomic E-state index is 13.0. The molecule has 1 atom stereocenters. The summed E-state index contributed by atoms with van der Waals surface area (Å²) < 4.78 is 1.87. The highest BCUT2D eigenvalue weighted by molar-refractivity contribution is 5.93. The normalized spacial score (nSPS) is 20.5. The number of carbonyl (C=O) groups is 1. The predicted octanol–water partition coefficient (Wildman–Crippen LogP) is 1.90. The fourth-order valence-electron chi connectivity index (χ4n) is 3.31. The molecule has 0 radical (unpaired) electrons. The Kier molecular flexibility index (Phi) is 4.87. The lowest BCUT2D eigenvalue weighted by Crippen LogP contribution is -2.48. The standard InChI is InChI=1S/C17H21N5O.ClH/c1-21-15(12-4-5-12)9-14(20-21)17(23)22-8-7-19-11-16(22)13-3-2-6-18-10-13;/h2-3,6,9-10,12,16,19H,4-5,7-8,11H2,1H3;1H. The maximum absolute atomic E-state index is 13.0. The van der Waals surface area contributed by atoms with Gasteiger partial charge in [-0.1, -0.05) is 6.07 Å². The van der Waals surface area contributed by atoms with Crippen LogP contribution >= 0.6 is 12.4 Å². The first-order chi connectivity index (χ1) is 11.2. The molecule has 0 bridgehead atoms. The number of hydrogen-bond acceptors (Lipinski definition) is 4. The van der Waals surface area contributed by atoms with Gasteiger partial charge in [0.25, 0.3) is 5.91 Å². The van der Waals surface area contributed by atoms with Gasteiger partial charge < -0.3 is 10.2 Å². The second-order valence-electron chi connectivity index (χ2n) is 6.36. The Morgan fingerprint density at radius 2 is 2.21 bits per heavy atom. The lowest BCUT2D eigenvalue weighted by molar-refractivity contribution is 0.0627. The minimum Gasteiger partial charge on any atom is -0.328 e. The zero-order chi connectivity index (χ0) is 15.8. The van der Waals surface area contributed by atoms with E-state index in [0.717, 1.165) is 18.7 Å². The molecular formula is C17H22ClN5O. The third kappa shape index (κ3) is 3.16. The lowest BCUT2D eigenvalue weighted by Gasteiger charge is -2.36. The van der Waals surface area contributed by atoms with Gasteiger partial charge in [-0.2, -0.15) is 5.10 Å². The van der Waals surface area contributed by atoms with Crippen LogP contribution in [0.5, 0.6) is 0 Å². The first-order valence-electron chi connectivity index (χ1n) is 8.19. The van der Waals surface area contributed by atoms with Gasteiger partial charge in [0.1, 0.15) is 0 Å². The Morgan fingerprint density at radius 3 is 2.92 bits per heavy atom. The number of rotatable bonds is 3. The van der Waals surface area contributed by atoms with Crippen molar-refractivity contribution in [1.82, 2.24) is 25.0 Å². The van der Waals surface area contributed by atoms with Gasteiger partial charge in [-0.05, 0) is 30.5 Å². The molecule has 1 saturated heterocycles. The van der Waals surface area contributed by atoms with Gasteiger partial charge in [-0.15, -0.1) is 12.4 Å². The number of halogens is 1. The van der Waals surface area contributed by atoms with Crippen LogP contribution in [-0.2, 0) is 7.05 Å². The Bertz CT molecular complexity index is 713. The summed E-state index contributed by atoms with van der Waals surface area (Å²) in [5, 5.41) is 7.83. The molecule has 4 rings (SSSR count). The van der Waals surface area contributed by atoms with Crippen molar-refractivity contribution >= 4 is 18.3 Å². The third-order valence-corrected chi connectivity index (χ3v) is 4.70. The average Bonchev–Trinajstić information content (AvgIpc) is 3.37. The van der Waals surface area contributed by atoms with E-state index in [1.807, 2.05) is 41.0 Å². The van der Waals surface area contributed by atoms with Gasteiger partial charge >= 0.3 is 0 Å². The van der Waals surface area contributed by atoms with Gasteiger partial charge in [0.2, 0.25) is 0 Å². The number of amides is 1. The molecule has 1 aliphatic carbocycles. The van der Waals surface area contributed by atoms with Crippen molar-refractivity contribution in [1.29, 1.82) is 0 Å². The molecule has 1 N–H and O–H groups in total. The van der Waals surface area contributed by atoms with Crippen LogP contribution in [0.1, 0.15) is 46.5 Å². The molecule has 1 saturated carbocycles. The molecule has 0 spiro atoms. The summed E-state index contributed by atoms with van der Waals surface area (Å²) in [5.41, 5.74) is 2.80. The van der Waals surface area contributed by atoms with Crippen molar-refractivity contribution in [2.45, 2.75) is 24.8 Å². The summed E-state index contributed by atoms with van der Waals surface area (Å²) in [6, 6.07) is 5.93. The van der Waals surface area contributed by atoms with Crippen LogP contribution in [-0.4, -0.2) is 45.2 Å². The van der Waals surface area contributed by atoms with E-state index in [-0.39, 0.29) is 24.4 Å². The van der Waals surface area contributed by atoms with Gasteiger partial charge in [0.15, 0.2) is 5.69 Å². The van der Waals surface area contributed by atoms with Crippen LogP contribution in [0.25, 0.3) is 0 Å². The lowest BCUT2D eigenvalue weighted by atomic mass is 10.0. The number of pyridine rings is 1. The van der Waals surface area contributed by atoms with Crippen molar-refractivity contribution in [3.63, 3.8) is 0 Å². The van der Waals surface area contributed by atoms with E-state index in [4.69, 9.17) is 0 Å². The molecule has 7 heteroatoms. The molecular weight excluding hydrogens is 326 g/mol. The summed E-state index contributed by atoms with van der Waals surface area (Å²) >= 11 is 0. The van der Waals surface area contributed by atoms with Crippen molar-refractivity contribution in [2.75, 3.05) is 19.6 Å². The average molecular weight is 348 g/mol. The van der Waals surface area contributed by atoms with Gasteiger partial charge in [0.05, 0.1) is 6.04 Å². The van der Waals surface area contributed by atoms with E-state index in [0.29, 0.717) is 18.2 Å². The topological polar surface area (TPSA) is 63.1 Å². The van der Waals surface area contributed by atoms with Crippen molar-refractivity contribution in [3.8, 4) is 0 Å².